The summed E-state index contributed by atoms with van der Waals surface area (Å²) in [5, 5.41) is 9.48. The molecule has 0 atom stereocenters. The minimum atomic E-state index is 0.380. The molecule has 2 aromatic carbocycles. The highest BCUT2D eigenvalue weighted by Crippen LogP contribution is 2.37. The van der Waals surface area contributed by atoms with E-state index in [0.29, 0.717) is 27.8 Å². The molecular formula is C14H11ClN2O. The average molecular weight is 259 g/mol. The zero-order valence-electron chi connectivity index (χ0n) is 9.77. The summed E-state index contributed by atoms with van der Waals surface area (Å²) < 4.78 is 5.71. The molecule has 2 rings (SSSR count). The molecule has 3 nitrogen and oxygen atoms in total. The Morgan fingerprint density at radius 3 is 2.56 bits per heavy atom. The molecule has 0 heterocycles. The number of nitrogens with two attached hydrogens (primary N) is 1. The Bertz CT molecular complexity index is 612. The van der Waals surface area contributed by atoms with Gasteiger partial charge in [-0.15, -0.1) is 0 Å². The lowest BCUT2D eigenvalue weighted by molar-refractivity contribution is 0.480. The van der Waals surface area contributed by atoms with E-state index in [1.807, 2.05) is 13.0 Å². The molecule has 2 aromatic rings. The number of nitriles is 1. The lowest BCUT2D eigenvalue weighted by atomic mass is 10.1. The van der Waals surface area contributed by atoms with Gasteiger partial charge in [0.05, 0.1) is 16.3 Å². The maximum absolute atomic E-state index is 9.07. The van der Waals surface area contributed by atoms with Crippen LogP contribution in [-0.2, 0) is 0 Å². The van der Waals surface area contributed by atoms with Crippen molar-refractivity contribution in [2.24, 2.45) is 0 Å². The maximum Gasteiger partial charge on any atom is 0.168 e. The number of nitrogen functional groups attached to an aromatic ring is 1. The second-order valence-electron chi connectivity index (χ2n) is 3.82. The number of ether oxygens (including phenoxy) is 1. The van der Waals surface area contributed by atoms with Crippen molar-refractivity contribution in [1.29, 1.82) is 5.26 Å². The Balaban J connectivity index is 2.50. The highest BCUT2D eigenvalue weighted by atomic mass is 35.5. The molecule has 0 saturated heterocycles. The second-order valence-corrected chi connectivity index (χ2v) is 4.23. The fourth-order valence-corrected chi connectivity index (χ4v) is 1.83. The molecule has 0 spiro atoms. The smallest absolute Gasteiger partial charge is 0.168 e. The quantitative estimate of drug-likeness (QED) is 0.831. The van der Waals surface area contributed by atoms with Gasteiger partial charge in [0.1, 0.15) is 11.8 Å². The molecule has 90 valence electrons. The third kappa shape index (κ3) is 2.24. The van der Waals surface area contributed by atoms with E-state index in [9.17, 15) is 0 Å². The van der Waals surface area contributed by atoms with Crippen LogP contribution in [0.4, 0.5) is 5.69 Å². The highest BCUT2D eigenvalue weighted by molar-refractivity contribution is 6.32. The molecule has 0 amide bonds. The number of anilines is 1. The lowest BCUT2D eigenvalue weighted by Crippen LogP contribution is -1.96. The summed E-state index contributed by atoms with van der Waals surface area (Å²) in [6, 6.07) is 12.6. The molecule has 0 fully saturated rings. The number of hydrogen-bond acceptors (Lipinski definition) is 3. The zero-order valence-corrected chi connectivity index (χ0v) is 10.5. The van der Waals surface area contributed by atoms with E-state index in [1.54, 1.807) is 30.3 Å². The first-order valence-corrected chi connectivity index (χ1v) is 5.73. The number of aryl methyl sites for hydroxylation is 1. The molecule has 0 aromatic heterocycles. The van der Waals surface area contributed by atoms with Gasteiger partial charge >= 0.3 is 0 Å². The molecule has 2 N–H and O–H groups in total. The number of benzene rings is 2. The summed E-state index contributed by atoms with van der Waals surface area (Å²) in [5.41, 5.74) is 7.57. The first-order chi connectivity index (χ1) is 8.63. The predicted octanol–water partition coefficient (Wildman–Crippen LogP) is 3.89. The molecule has 18 heavy (non-hydrogen) atoms. The SMILES string of the molecule is Cc1cccc(C#N)c1Oc1c(N)cccc1Cl. The van der Waals surface area contributed by atoms with E-state index in [0.717, 1.165) is 5.56 Å². The Kier molecular flexibility index (Phi) is 3.40. The fourth-order valence-electron chi connectivity index (χ4n) is 1.61. The Labute approximate surface area is 110 Å². The lowest BCUT2D eigenvalue weighted by Gasteiger charge is -2.13. The van der Waals surface area contributed by atoms with Gasteiger partial charge in [-0.2, -0.15) is 5.26 Å². The van der Waals surface area contributed by atoms with Crippen LogP contribution in [0.3, 0.4) is 0 Å². The molecular weight excluding hydrogens is 248 g/mol. The van der Waals surface area contributed by atoms with Crippen LogP contribution in [-0.4, -0.2) is 0 Å². The van der Waals surface area contributed by atoms with E-state index >= 15 is 0 Å². The molecule has 0 aliphatic rings. The molecule has 0 aliphatic carbocycles. The van der Waals surface area contributed by atoms with Gasteiger partial charge in [-0.25, -0.2) is 0 Å². The van der Waals surface area contributed by atoms with Crippen molar-refractivity contribution >= 4 is 17.3 Å². The molecule has 0 radical (unpaired) electrons. The molecule has 0 saturated carbocycles. The Hall–Kier alpha value is -2.18. The van der Waals surface area contributed by atoms with Crippen LogP contribution in [0.15, 0.2) is 36.4 Å². The molecule has 0 aliphatic heterocycles. The van der Waals surface area contributed by atoms with Gasteiger partial charge in [-0.05, 0) is 30.7 Å². The first-order valence-electron chi connectivity index (χ1n) is 5.35. The minimum absolute atomic E-state index is 0.380. The van der Waals surface area contributed by atoms with Gasteiger partial charge in [0, 0.05) is 0 Å². The summed E-state index contributed by atoms with van der Waals surface area (Å²) in [6.07, 6.45) is 0. The second kappa shape index (κ2) is 4.99. The maximum atomic E-state index is 9.07. The van der Waals surface area contributed by atoms with Crippen molar-refractivity contribution in [2.75, 3.05) is 5.73 Å². The van der Waals surface area contributed by atoms with Crippen molar-refractivity contribution < 1.29 is 4.74 Å². The standard InChI is InChI=1S/C14H11ClN2O/c1-9-4-2-5-10(8-16)13(9)18-14-11(15)6-3-7-12(14)17/h2-7H,17H2,1H3. The summed E-state index contributed by atoms with van der Waals surface area (Å²) in [5.74, 6) is 0.866. The number of halogens is 1. The predicted molar refractivity (Wildman–Crippen MR) is 71.8 cm³/mol. The van der Waals surface area contributed by atoms with Crippen molar-refractivity contribution in [2.45, 2.75) is 6.92 Å². The Morgan fingerprint density at radius 1 is 1.17 bits per heavy atom. The van der Waals surface area contributed by atoms with E-state index < -0.39 is 0 Å². The topological polar surface area (TPSA) is 59.0 Å². The van der Waals surface area contributed by atoms with Crippen molar-refractivity contribution in [3.8, 4) is 17.6 Å². The Morgan fingerprint density at radius 2 is 1.89 bits per heavy atom. The van der Waals surface area contributed by atoms with Crippen molar-refractivity contribution in [3.63, 3.8) is 0 Å². The van der Waals surface area contributed by atoms with Crippen LogP contribution in [0, 0.1) is 18.3 Å². The summed E-state index contributed by atoms with van der Waals surface area (Å²) in [4.78, 5) is 0. The summed E-state index contributed by atoms with van der Waals surface area (Å²) in [6.45, 7) is 1.86. The number of para-hydroxylation sites is 2. The van der Waals surface area contributed by atoms with Gasteiger partial charge < -0.3 is 10.5 Å². The van der Waals surface area contributed by atoms with Gasteiger partial charge in [0.15, 0.2) is 5.75 Å². The van der Waals surface area contributed by atoms with Gasteiger partial charge in [-0.1, -0.05) is 29.8 Å². The van der Waals surface area contributed by atoms with Crippen molar-refractivity contribution in [1.82, 2.24) is 0 Å². The van der Waals surface area contributed by atoms with E-state index in [-0.39, 0.29) is 0 Å². The number of rotatable bonds is 2. The molecule has 0 unspecified atom stereocenters. The van der Waals surface area contributed by atoms with Gasteiger partial charge in [0.25, 0.3) is 0 Å². The van der Waals surface area contributed by atoms with Gasteiger partial charge in [0.2, 0.25) is 0 Å². The van der Waals surface area contributed by atoms with Crippen LogP contribution >= 0.6 is 11.6 Å². The minimum Gasteiger partial charge on any atom is -0.452 e. The third-order valence-electron chi connectivity index (χ3n) is 2.53. The summed E-state index contributed by atoms with van der Waals surface area (Å²) in [7, 11) is 0. The normalized spacial score (nSPS) is 9.83. The number of nitrogens with zero attached hydrogens (tertiary/aromatic N) is 1. The van der Waals surface area contributed by atoms with E-state index in [2.05, 4.69) is 6.07 Å². The van der Waals surface area contributed by atoms with Crippen LogP contribution in [0.2, 0.25) is 5.02 Å². The van der Waals surface area contributed by atoms with Crippen molar-refractivity contribution in [3.05, 3.63) is 52.5 Å². The highest BCUT2D eigenvalue weighted by Gasteiger charge is 2.12. The van der Waals surface area contributed by atoms with Gasteiger partial charge in [-0.3, -0.25) is 0 Å². The zero-order chi connectivity index (χ0) is 13.1. The average Bonchev–Trinajstić information content (AvgIpc) is 2.35. The first kappa shape index (κ1) is 12.3. The number of hydrogen-bond donors (Lipinski definition) is 1. The molecule has 0 bridgehead atoms. The third-order valence-corrected chi connectivity index (χ3v) is 2.83. The monoisotopic (exact) mass is 258 g/mol. The fraction of sp³-hybridized carbons (Fsp3) is 0.0714. The largest absolute Gasteiger partial charge is 0.452 e. The van der Waals surface area contributed by atoms with Crippen LogP contribution in [0.5, 0.6) is 11.5 Å². The summed E-state index contributed by atoms with van der Waals surface area (Å²) >= 11 is 6.04. The van der Waals surface area contributed by atoms with E-state index in [1.165, 1.54) is 0 Å². The van der Waals surface area contributed by atoms with Crippen LogP contribution in [0.1, 0.15) is 11.1 Å². The van der Waals surface area contributed by atoms with E-state index in [4.69, 9.17) is 27.3 Å². The van der Waals surface area contributed by atoms with Crippen LogP contribution in [0.25, 0.3) is 0 Å². The van der Waals surface area contributed by atoms with Crippen LogP contribution < -0.4 is 10.5 Å². The molecule has 4 heteroatoms.